The summed E-state index contributed by atoms with van der Waals surface area (Å²) in [5.41, 5.74) is 0.566. The van der Waals surface area contributed by atoms with E-state index >= 15 is 0 Å². The molecule has 1 aromatic rings. The van der Waals surface area contributed by atoms with Gasteiger partial charge in [0.1, 0.15) is 0 Å². The van der Waals surface area contributed by atoms with Gasteiger partial charge in [-0.2, -0.15) is 5.10 Å². The standard InChI is InChI=1S/C8H14N4O/c1-2-9-3-4-10-8(13)7-5-11-12-6-7/h5-6,9H,2-4H2,1H3,(H,10,13)(H,11,12). The van der Waals surface area contributed by atoms with Gasteiger partial charge in [-0.05, 0) is 6.54 Å². The van der Waals surface area contributed by atoms with Crippen molar-refractivity contribution in [1.82, 2.24) is 20.8 Å². The zero-order chi connectivity index (χ0) is 9.52. The summed E-state index contributed by atoms with van der Waals surface area (Å²) in [4.78, 5) is 11.3. The van der Waals surface area contributed by atoms with E-state index in [4.69, 9.17) is 0 Å². The number of nitrogens with one attached hydrogen (secondary N) is 3. The van der Waals surface area contributed by atoms with Crippen molar-refractivity contribution in [2.75, 3.05) is 19.6 Å². The highest BCUT2D eigenvalue weighted by molar-refractivity contribution is 5.93. The van der Waals surface area contributed by atoms with E-state index in [0.717, 1.165) is 13.1 Å². The number of rotatable bonds is 5. The molecule has 0 spiro atoms. The van der Waals surface area contributed by atoms with Gasteiger partial charge in [-0.1, -0.05) is 6.92 Å². The van der Waals surface area contributed by atoms with Crippen LogP contribution in [0.3, 0.4) is 0 Å². The number of hydrogen-bond acceptors (Lipinski definition) is 3. The molecule has 3 N–H and O–H groups in total. The molecule has 13 heavy (non-hydrogen) atoms. The highest BCUT2D eigenvalue weighted by Crippen LogP contribution is 1.91. The fraction of sp³-hybridized carbons (Fsp3) is 0.500. The van der Waals surface area contributed by atoms with Gasteiger partial charge in [0, 0.05) is 19.3 Å². The summed E-state index contributed by atoms with van der Waals surface area (Å²) < 4.78 is 0. The molecule has 0 aliphatic rings. The molecule has 0 saturated carbocycles. The number of amides is 1. The smallest absolute Gasteiger partial charge is 0.254 e. The largest absolute Gasteiger partial charge is 0.351 e. The molecular formula is C8H14N4O. The van der Waals surface area contributed by atoms with Crippen molar-refractivity contribution in [2.24, 2.45) is 0 Å². The summed E-state index contributed by atoms with van der Waals surface area (Å²) >= 11 is 0. The Labute approximate surface area is 76.9 Å². The molecule has 0 aliphatic carbocycles. The first-order chi connectivity index (χ1) is 6.34. The summed E-state index contributed by atoms with van der Waals surface area (Å²) in [6.07, 6.45) is 3.07. The second kappa shape index (κ2) is 5.31. The maximum Gasteiger partial charge on any atom is 0.254 e. The van der Waals surface area contributed by atoms with E-state index in [-0.39, 0.29) is 5.91 Å². The lowest BCUT2D eigenvalue weighted by molar-refractivity contribution is 0.0954. The lowest BCUT2D eigenvalue weighted by Crippen LogP contribution is -2.31. The Morgan fingerprint density at radius 2 is 2.46 bits per heavy atom. The SMILES string of the molecule is CCNCCNC(=O)c1cn[nH]c1. The zero-order valence-corrected chi connectivity index (χ0v) is 7.63. The van der Waals surface area contributed by atoms with E-state index in [1.165, 1.54) is 6.20 Å². The normalized spacial score (nSPS) is 9.92. The van der Waals surface area contributed by atoms with Crippen molar-refractivity contribution < 1.29 is 4.79 Å². The van der Waals surface area contributed by atoms with Crippen LogP contribution in [0.2, 0.25) is 0 Å². The molecule has 0 aliphatic heterocycles. The molecule has 0 atom stereocenters. The van der Waals surface area contributed by atoms with Crippen LogP contribution in [0.4, 0.5) is 0 Å². The van der Waals surface area contributed by atoms with Gasteiger partial charge in [0.15, 0.2) is 0 Å². The average molecular weight is 182 g/mol. The summed E-state index contributed by atoms with van der Waals surface area (Å²) in [6.45, 7) is 4.37. The number of aromatic amines is 1. The molecule has 1 amide bonds. The van der Waals surface area contributed by atoms with E-state index in [1.54, 1.807) is 6.20 Å². The Kier molecular flexibility index (Phi) is 3.98. The maximum absolute atomic E-state index is 11.3. The van der Waals surface area contributed by atoms with Crippen LogP contribution in [-0.2, 0) is 0 Å². The van der Waals surface area contributed by atoms with Gasteiger partial charge in [-0.15, -0.1) is 0 Å². The number of H-pyrrole nitrogens is 1. The maximum atomic E-state index is 11.3. The summed E-state index contributed by atoms with van der Waals surface area (Å²) in [7, 11) is 0. The number of nitrogens with zero attached hydrogens (tertiary/aromatic N) is 1. The van der Waals surface area contributed by atoms with Gasteiger partial charge < -0.3 is 10.6 Å². The van der Waals surface area contributed by atoms with Gasteiger partial charge >= 0.3 is 0 Å². The molecule has 0 bridgehead atoms. The van der Waals surface area contributed by atoms with Crippen LogP contribution in [0.5, 0.6) is 0 Å². The monoisotopic (exact) mass is 182 g/mol. The lowest BCUT2D eigenvalue weighted by Gasteiger charge is -2.02. The van der Waals surface area contributed by atoms with E-state index in [1.807, 2.05) is 6.92 Å². The van der Waals surface area contributed by atoms with Gasteiger partial charge in [0.05, 0.1) is 11.8 Å². The molecule has 5 heteroatoms. The minimum atomic E-state index is -0.0911. The Hall–Kier alpha value is -1.36. The van der Waals surface area contributed by atoms with Crippen LogP contribution < -0.4 is 10.6 Å². The molecule has 72 valence electrons. The first-order valence-electron chi connectivity index (χ1n) is 4.32. The number of carbonyl (C=O) groups is 1. The fourth-order valence-corrected chi connectivity index (χ4v) is 0.918. The van der Waals surface area contributed by atoms with Crippen LogP contribution in [0, 0.1) is 0 Å². The summed E-state index contributed by atoms with van der Waals surface area (Å²) in [5.74, 6) is -0.0911. The van der Waals surface area contributed by atoms with E-state index in [2.05, 4.69) is 20.8 Å². The molecule has 1 rings (SSSR count). The topological polar surface area (TPSA) is 69.8 Å². The second-order valence-corrected chi connectivity index (χ2v) is 2.60. The minimum Gasteiger partial charge on any atom is -0.351 e. The molecule has 1 heterocycles. The number of carbonyl (C=O) groups excluding carboxylic acids is 1. The van der Waals surface area contributed by atoms with Gasteiger partial charge in [0.2, 0.25) is 0 Å². The average Bonchev–Trinajstić information content (AvgIpc) is 2.65. The van der Waals surface area contributed by atoms with E-state index in [9.17, 15) is 4.79 Å². The van der Waals surface area contributed by atoms with Crippen LogP contribution in [0.1, 0.15) is 17.3 Å². The van der Waals surface area contributed by atoms with Crippen molar-refractivity contribution in [3.8, 4) is 0 Å². The van der Waals surface area contributed by atoms with Gasteiger partial charge in [-0.3, -0.25) is 9.89 Å². The Balaban J connectivity index is 2.19. The lowest BCUT2D eigenvalue weighted by atomic mass is 10.3. The third-order valence-corrected chi connectivity index (χ3v) is 1.60. The van der Waals surface area contributed by atoms with Crippen LogP contribution in [0.15, 0.2) is 12.4 Å². The van der Waals surface area contributed by atoms with Crippen molar-refractivity contribution >= 4 is 5.91 Å². The molecule has 1 aromatic heterocycles. The quantitative estimate of drug-likeness (QED) is 0.550. The third-order valence-electron chi connectivity index (χ3n) is 1.60. The van der Waals surface area contributed by atoms with Gasteiger partial charge in [0.25, 0.3) is 5.91 Å². The predicted molar refractivity (Wildman–Crippen MR) is 49.5 cm³/mol. The second-order valence-electron chi connectivity index (χ2n) is 2.60. The molecule has 0 radical (unpaired) electrons. The first kappa shape index (κ1) is 9.73. The summed E-state index contributed by atoms with van der Waals surface area (Å²) in [6, 6.07) is 0. The highest BCUT2D eigenvalue weighted by atomic mass is 16.1. The van der Waals surface area contributed by atoms with Crippen molar-refractivity contribution in [3.05, 3.63) is 18.0 Å². The highest BCUT2D eigenvalue weighted by Gasteiger charge is 2.03. The van der Waals surface area contributed by atoms with E-state index in [0.29, 0.717) is 12.1 Å². The molecule has 5 nitrogen and oxygen atoms in total. The number of hydrogen-bond donors (Lipinski definition) is 3. The molecule has 0 unspecified atom stereocenters. The van der Waals surface area contributed by atoms with Crippen LogP contribution >= 0.6 is 0 Å². The fourth-order valence-electron chi connectivity index (χ4n) is 0.918. The van der Waals surface area contributed by atoms with Crippen LogP contribution in [-0.4, -0.2) is 35.7 Å². The Bertz CT molecular complexity index is 245. The number of aromatic nitrogens is 2. The first-order valence-corrected chi connectivity index (χ1v) is 4.32. The van der Waals surface area contributed by atoms with Crippen molar-refractivity contribution in [2.45, 2.75) is 6.92 Å². The summed E-state index contributed by atoms with van der Waals surface area (Å²) in [5, 5.41) is 12.1. The molecule has 0 fully saturated rings. The van der Waals surface area contributed by atoms with Crippen LogP contribution in [0.25, 0.3) is 0 Å². The third kappa shape index (κ3) is 3.25. The van der Waals surface area contributed by atoms with Gasteiger partial charge in [-0.25, -0.2) is 0 Å². The van der Waals surface area contributed by atoms with Crippen molar-refractivity contribution in [1.29, 1.82) is 0 Å². The zero-order valence-electron chi connectivity index (χ0n) is 7.63. The molecular weight excluding hydrogens is 168 g/mol. The Morgan fingerprint density at radius 3 is 3.08 bits per heavy atom. The molecule has 0 saturated heterocycles. The number of likely N-dealkylation sites (N-methyl/N-ethyl adjacent to an activating group) is 1. The predicted octanol–water partition coefficient (Wildman–Crippen LogP) is -0.251. The minimum absolute atomic E-state index is 0.0911. The molecule has 0 aromatic carbocycles. The van der Waals surface area contributed by atoms with Crippen molar-refractivity contribution in [3.63, 3.8) is 0 Å². The van der Waals surface area contributed by atoms with E-state index < -0.39 is 0 Å². The Morgan fingerprint density at radius 1 is 1.62 bits per heavy atom.